The number of carbonyl (C=O) groups is 1. The molecule has 4 heteroatoms. The summed E-state index contributed by atoms with van der Waals surface area (Å²) in [5, 5.41) is 3.19. The lowest BCUT2D eigenvalue weighted by atomic mass is 9.79. The van der Waals surface area contributed by atoms with Gasteiger partial charge in [0.2, 0.25) is 5.91 Å². The third-order valence-corrected chi connectivity index (χ3v) is 5.62. The summed E-state index contributed by atoms with van der Waals surface area (Å²) in [4.78, 5) is 12.5. The number of rotatable bonds is 8. The molecule has 0 spiro atoms. The molecule has 0 aliphatic heterocycles. The van der Waals surface area contributed by atoms with E-state index in [1.165, 1.54) is 18.4 Å². The molecule has 0 aromatic heterocycles. The predicted octanol–water partition coefficient (Wildman–Crippen LogP) is 4.26. The summed E-state index contributed by atoms with van der Waals surface area (Å²) < 4.78 is 10.6. The van der Waals surface area contributed by atoms with Crippen molar-refractivity contribution in [1.82, 2.24) is 5.32 Å². The lowest BCUT2D eigenvalue weighted by Gasteiger charge is -2.30. The Hall–Kier alpha value is -2.49. The zero-order valence-corrected chi connectivity index (χ0v) is 16.3. The highest BCUT2D eigenvalue weighted by molar-refractivity contribution is 5.76. The van der Waals surface area contributed by atoms with Gasteiger partial charge in [0.1, 0.15) is 11.5 Å². The molecule has 0 radical (unpaired) electrons. The number of amides is 1. The summed E-state index contributed by atoms with van der Waals surface area (Å²) in [6.07, 6.45) is 5.87. The maximum absolute atomic E-state index is 12.5. The molecular formula is C23H29NO3. The molecule has 0 atom stereocenters. The Balaban J connectivity index is 1.58. The van der Waals surface area contributed by atoms with Crippen molar-refractivity contribution in [3.05, 3.63) is 59.7 Å². The number of hydrogen-bond acceptors (Lipinski definition) is 3. The number of aryl methyl sites for hydroxylation is 1. The molecule has 1 aliphatic carbocycles. The van der Waals surface area contributed by atoms with Crippen LogP contribution in [0.4, 0.5) is 0 Å². The molecule has 144 valence electrons. The number of ether oxygens (including phenoxy) is 2. The Bertz CT molecular complexity index is 729. The van der Waals surface area contributed by atoms with Gasteiger partial charge in [-0.3, -0.25) is 4.79 Å². The maximum atomic E-state index is 12.5. The van der Waals surface area contributed by atoms with Crippen molar-refractivity contribution in [3.63, 3.8) is 0 Å². The van der Waals surface area contributed by atoms with Gasteiger partial charge in [0.25, 0.3) is 0 Å². The van der Waals surface area contributed by atoms with Crippen LogP contribution in [0.3, 0.4) is 0 Å². The van der Waals surface area contributed by atoms with Crippen LogP contribution in [0.1, 0.15) is 43.2 Å². The van der Waals surface area contributed by atoms with E-state index in [4.69, 9.17) is 9.47 Å². The molecule has 0 saturated heterocycles. The van der Waals surface area contributed by atoms with Crippen molar-refractivity contribution >= 4 is 5.91 Å². The van der Waals surface area contributed by atoms with E-state index in [1.807, 2.05) is 24.3 Å². The van der Waals surface area contributed by atoms with E-state index in [0.29, 0.717) is 12.8 Å². The third kappa shape index (κ3) is 4.82. The summed E-state index contributed by atoms with van der Waals surface area (Å²) in [7, 11) is 3.27. The molecule has 1 fully saturated rings. The van der Waals surface area contributed by atoms with Crippen molar-refractivity contribution in [3.8, 4) is 11.5 Å². The van der Waals surface area contributed by atoms with Crippen molar-refractivity contribution in [2.24, 2.45) is 0 Å². The average molecular weight is 367 g/mol. The number of benzene rings is 2. The Morgan fingerprint density at radius 3 is 2.22 bits per heavy atom. The van der Waals surface area contributed by atoms with Gasteiger partial charge in [0.05, 0.1) is 14.2 Å². The van der Waals surface area contributed by atoms with Crippen LogP contribution in [-0.4, -0.2) is 26.7 Å². The van der Waals surface area contributed by atoms with E-state index in [1.54, 1.807) is 14.2 Å². The summed E-state index contributed by atoms with van der Waals surface area (Å²) in [6, 6.07) is 16.4. The van der Waals surface area contributed by atoms with Gasteiger partial charge in [-0.05, 0) is 42.5 Å². The largest absolute Gasteiger partial charge is 0.497 e. The van der Waals surface area contributed by atoms with Crippen LogP contribution in [0.5, 0.6) is 11.5 Å². The van der Waals surface area contributed by atoms with Crippen molar-refractivity contribution in [1.29, 1.82) is 0 Å². The van der Waals surface area contributed by atoms with Gasteiger partial charge < -0.3 is 14.8 Å². The van der Waals surface area contributed by atoms with Crippen molar-refractivity contribution < 1.29 is 14.3 Å². The topological polar surface area (TPSA) is 47.6 Å². The summed E-state index contributed by atoms with van der Waals surface area (Å²) >= 11 is 0. The first-order valence-corrected chi connectivity index (χ1v) is 9.69. The molecule has 1 N–H and O–H groups in total. The zero-order valence-electron chi connectivity index (χ0n) is 16.3. The van der Waals surface area contributed by atoms with E-state index >= 15 is 0 Å². The molecule has 4 nitrogen and oxygen atoms in total. The Labute approximate surface area is 161 Å². The van der Waals surface area contributed by atoms with Crippen LogP contribution in [0.25, 0.3) is 0 Å². The predicted molar refractivity (Wildman–Crippen MR) is 107 cm³/mol. The fraction of sp³-hybridized carbons (Fsp3) is 0.435. The first-order valence-electron chi connectivity index (χ1n) is 9.69. The quantitative estimate of drug-likeness (QED) is 0.758. The molecule has 2 aromatic carbocycles. The molecule has 0 heterocycles. The van der Waals surface area contributed by atoms with Crippen LogP contribution in [0, 0.1) is 0 Å². The van der Waals surface area contributed by atoms with E-state index < -0.39 is 0 Å². The van der Waals surface area contributed by atoms with Crippen LogP contribution < -0.4 is 14.8 Å². The van der Waals surface area contributed by atoms with Gasteiger partial charge in [-0.1, -0.05) is 43.2 Å². The number of nitrogens with one attached hydrogen (secondary N) is 1. The summed E-state index contributed by atoms with van der Waals surface area (Å²) in [6.45, 7) is 0.720. The first-order chi connectivity index (χ1) is 13.1. The third-order valence-electron chi connectivity index (χ3n) is 5.62. The summed E-state index contributed by atoms with van der Waals surface area (Å²) in [5.41, 5.74) is 2.48. The first kappa shape index (κ1) is 19.3. The SMILES string of the molecule is COc1cc(CCC(=O)NCC2(c3ccccc3)CCCC2)cc(OC)c1. The normalized spacial score (nSPS) is 15.3. The van der Waals surface area contributed by atoms with E-state index in [0.717, 1.165) is 36.4 Å². The Morgan fingerprint density at radius 2 is 1.63 bits per heavy atom. The minimum Gasteiger partial charge on any atom is -0.497 e. The fourth-order valence-corrected chi connectivity index (χ4v) is 4.04. The highest BCUT2D eigenvalue weighted by Gasteiger charge is 2.35. The van der Waals surface area contributed by atoms with E-state index in [-0.39, 0.29) is 11.3 Å². The van der Waals surface area contributed by atoms with Gasteiger partial charge in [-0.15, -0.1) is 0 Å². The second-order valence-corrected chi connectivity index (χ2v) is 7.35. The Kier molecular flexibility index (Phi) is 6.38. The molecular weight excluding hydrogens is 338 g/mol. The van der Waals surface area contributed by atoms with Crippen LogP contribution in [0.2, 0.25) is 0 Å². The monoisotopic (exact) mass is 367 g/mol. The molecule has 0 bridgehead atoms. The van der Waals surface area contributed by atoms with Crippen LogP contribution in [0.15, 0.2) is 48.5 Å². The maximum Gasteiger partial charge on any atom is 0.220 e. The van der Waals surface area contributed by atoms with Gasteiger partial charge in [-0.2, -0.15) is 0 Å². The molecule has 27 heavy (non-hydrogen) atoms. The molecule has 3 rings (SSSR count). The number of hydrogen-bond donors (Lipinski definition) is 1. The standard InChI is InChI=1S/C23H29NO3/c1-26-20-14-18(15-21(16-20)27-2)10-11-22(25)24-17-23(12-6-7-13-23)19-8-4-3-5-9-19/h3-5,8-9,14-16H,6-7,10-13,17H2,1-2H3,(H,24,25). The van der Waals surface area contributed by atoms with Crippen molar-refractivity contribution in [2.45, 2.75) is 43.9 Å². The number of carbonyl (C=O) groups excluding carboxylic acids is 1. The van der Waals surface area contributed by atoms with Gasteiger partial charge >= 0.3 is 0 Å². The molecule has 2 aromatic rings. The second kappa shape index (κ2) is 8.94. The zero-order chi connectivity index (χ0) is 19.1. The second-order valence-electron chi connectivity index (χ2n) is 7.35. The van der Waals surface area contributed by atoms with Gasteiger partial charge in [0, 0.05) is 24.4 Å². The molecule has 1 saturated carbocycles. The van der Waals surface area contributed by atoms with Crippen molar-refractivity contribution in [2.75, 3.05) is 20.8 Å². The van der Waals surface area contributed by atoms with E-state index in [2.05, 4.69) is 29.6 Å². The molecule has 0 unspecified atom stereocenters. The van der Waals surface area contributed by atoms with Gasteiger partial charge in [0.15, 0.2) is 0 Å². The fourth-order valence-electron chi connectivity index (χ4n) is 4.04. The lowest BCUT2D eigenvalue weighted by molar-refractivity contribution is -0.121. The molecule has 1 amide bonds. The minimum absolute atomic E-state index is 0.0934. The van der Waals surface area contributed by atoms with E-state index in [9.17, 15) is 4.79 Å². The lowest BCUT2D eigenvalue weighted by Crippen LogP contribution is -2.39. The highest BCUT2D eigenvalue weighted by Crippen LogP contribution is 2.40. The van der Waals surface area contributed by atoms with Crippen LogP contribution in [-0.2, 0) is 16.6 Å². The average Bonchev–Trinajstić information content (AvgIpc) is 3.21. The van der Waals surface area contributed by atoms with Gasteiger partial charge in [-0.25, -0.2) is 0 Å². The highest BCUT2D eigenvalue weighted by atomic mass is 16.5. The van der Waals surface area contributed by atoms with Crippen LogP contribution >= 0.6 is 0 Å². The summed E-state index contributed by atoms with van der Waals surface area (Å²) in [5.74, 6) is 1.59. The molecule has 1 aliphatic rings. The smallest absolute Gasteiger partial charge is 0.220 e. The minimum atomic E-state index is 0.0934. The Morgan fingerprint density at radius 1 is 1.00 bits per heavy atom. The number of methoxy groups -OCH3 is 2.